The van der Waals surface area contributed by atoms with E-state index in [4.69, 9.17) is 10.5 Å². The van der Waals surface area contributed by atoms with Crippen molar-refractivity contribution in [2.45, 2.75) is 51.7 Å². The van der Waals surface area contributed by atoms with E-state index >= 15 is 0 Å². The van der Waals surface area contributed by atoms with E-state index in [0.29, 0.717) is 24.2 Å². The third-order valence-electron chi connectivity index (χ3n) is 4.18. The highest BCUT2D eigenvalue weighted by atomic mass is 19.1. The van der Waals surface area contributed by atoms with Crippen LogP contribution in [0.5, 0.6) is 0 Å². The van der Waals surface area contributed by atoms with Crippen LogP contribution >= 0.6 is 0 Å². The van der Waals surface area contributed by atoms with Gasteiger partial charge >= 0.3 is 0 Å². The quantitative estimate of drug-likeness (QED) is 0.859. The Hall–Kier alpha value is -1.37. The van der Waals surface area contributed by atoms with E-state index in [1.165, 1.54) is 31.7 Å². The average Bonchev–Trinajstić information content (AvgIpc) is 2.53. The molecule has 21 heavy (non-hydrogen) atoms. The summed E-state index contributed by atoms with van der Waals surface area (Å²) in [6.45, 7) is 2.99. The van der Waals surface area contributed by atoms with Crippen LogP contribution in [0.3, 0.4) is 0 Å². The predicted octanol–water partition coefficient (Wildman–Crippen LogP) is 3.62. The summed E-state index contributed by atoms with van der Waals surface area (Å²) in [5.41, 5.74) is 6.70. The minimum Gasteiger partial charge on any atom is -0.373 e. The monoisotopic (exact) mass is 289 g/mol. The number of hydrogen-bond donors (Lipinski definition) is 1. The molecule has 1 aromatic rings. The largest absolute Gasteiger partial charge is 0.373 e. The first kappa shape index (κ1) is 16.0. The van der Waals surface area contributed by atoms with Crippen LogP contribution in [-0.4, -0.2) is 12.6 Å². The second-order valence-corrected chi connectivity index (χ2v) is 5.62. The lowest BCUT2D eigenvalue weighted by atomic mass is 9.85. The maximum Gasteiger partial charge on any atom is 0.138 e. The number of benzene rings is 1. The van der Waals surface area contributed by atoms with Crippen molar-refractivity contribution in [3.8, 4) is 11.8 Å². The van der Waals surface area contributed by atoms with Crippen LogP contribution in [0.2, 0.25) is 0 Å². The SMILES string of the molecule is CCC1CCCCC1OCc1ccc(F)c(C#CCN)c1. The zero-order valence-corrected chi connectivity index (χ0v) is 12.7. The maximum absolute atomic E-state index is 13.6. The highest BCUT2D eigenvalue weighted by Crippen LogP contribution is 2.29. The second kappa shape index (κ2) is 8.17. The minimum absolute atomic E-state index is 0.237. The first-order chi connectivity index (χ1) is 10.2. The zero-order valence-electron chi connectivity index (χ0n) is 12.7. The highest BCUT2D eigenvalue weighted by Gasteiger charge is 2.24. The number of halogens is 1. The van der Waals surface area contributed by atoms with Gasteiger partial charge in [-0.15, -0.1) is 0 Å². The normalized spacial score (nSPS) is 21.7. The molecule has 3 heteroatoms. The third kappa shape index (κ3) is 4.56. The Morgan fingerprint density at radius 2 is 2.14 bits per heavy atom. The van der Waals surface area contributed by atoms with Gasteiger partial charge in [0.15, 0.2) is 0 Å². The van der Waals surface area contributed by atoms with Crippen molar-refractivity contribution in [1.29, 1.82) is 0 Å². The lowest BCUT2D eigenvalue weighted by Crippen LogP contribution is -2.27. The molecule has 0 aliphatic heterocycles. The molecule has 1 aliphatic carbocycles. The van der Waals surface area contributed by atoms with Crippen LogP contribution in [0.25, 0.3) is 0 Å². The van der Waals surface area contributed by atoms with Gasteiger partial charge in [-0.3, -0.25) is 0 Å². The van der Waals surface area contributed by atoms with Crippen molar-refractivity contribution in [3.05, 3.63) is 35.1 Å². The Morgan fingerprint density at radius 3 is 2.90 bits per heavy atom. The predicted molar refractivity (Wildman–Crippen MR) is 83.2 cm³/mol. The first-order valence-corrected chi connectivity index (χ1v) is 7.83. The number of nitrogens with two attached hydrogens (primary N) is 1. The van der Waals surface area contributed by atoms with Crippen molar-refractivity contribution in [1.82, 2.24) is 0 Å². The van der Waals surface area contributed by atoms with E-state index in [0.717, 1.165) is 12.0 Å². The van der Waals surface area contributed by atoms with Crippen molar-refractivity contribution in [2.75, 3.05) is 6.54 Å². The van der Waals surface area contributed by atoms with Crippen LogP contribution in [0.15, 0.2) is 18.2 Å². The molecule has 114 valence electrons. The molecule has 2 unspecified atom stereocenters. The molecule has 1 saturated carbocycles. The standard InChI is InChI=1S/C18H24FNO/c1-2-15-6-3-4-8-18(15)21-13-14-9-10-17(19)16(12-14)7-5-11-20/h9-10,12,15,18H,2-4,6,8,11,13,20H2,1H3. The van der Waals surface area contributed by atoms with Crippen molar-refractivity contribution in [3.63, 3.8) is 0 Å². The average molecular weight is 289 g/mol. The summed E-state index contributed by atoms with van der Waals surface area (Å²) in [7, 11) is 0. The van der Waals surface area contributed by atoms with Crippen LogP contribution in [-0.2, 0) is 11.3 Å². The van der Waals surface area contributed by atoms with Gasteiger partial charge in [-0.25, -0.2) is 4.39 Å². The first-order valence-electron chi connectivity index (χ1n) is 7.83. The Bertz CT molecular complexity index is 518. The third-order valence-corrected chi connectivity index (χ3v) is 4.18. The maximum atomic E-state index is 13.6. The Labute approximate surface area is 126 Å². The zero-order chi connectivity index (χ0) is 15.1. The van der Waals surface area contributed by atoms with Gasteiger partial charge in [0.2, 0.25) is 0 Å². The van der Waals surface area contributed by atoms with E-state index in [1.807, 2.05) is 0 Å². The summed E-state index contributed by atoms with van der Waals surface area (Å²) in [4.78, 5) is 0. The summed E-state index contributed by atoms with van der Waals surface area (Å²) in [5.74, 6) is 5.82. The van der Waals surface area contributed by atoms with Gasteiger partial charge in [0.05, 0.1) is 24.8 Å². The molecule has 2 rings (SSSR count). The molecule has 2 N–H and O–H groups in total. The van der Waals surface area contributed by atoms with Crippen molar-refractivity contribution < 1.29 is 9.13 Å². The van der Waals surface area contributed by atoms with Crippen molar-refractivity contribution >= 4 is 0 Å². The smallest absolute Gasteiger partial charge is 0.138 e. The molecule has 0 amide bonds. The minimum atomic E-state index is -0.302. The lowest BCUT2D eigenvalue weighted by Gasteiger charge is -2.30. The Balaban J connectivity index is 1.99. The number of rotatable bonds is 4. The molecule has 0 heterocycles. The fourth-order valence-electron chi connectivity index (χ4n) is 2.97. The van der Waals surface area contributed by atoms with Crippen LogP contribution in [0.4, 0.5) is 4.39 Å². The molecule has 0 bridgehead atoms. The van der Waals surface area contributed by atoms with Crippen LogP contribution in [0, 0.1) is 23.6 Å². The van der Waals surface area contributed by atoms with E-state index in [2.05, 4.69) is 18.8 Å². The van der Waals surface area contributed by atoms with Gasteiger partial charge in [-0.2, -0.15) is 0 Å². The van der Waals surface area contributed by atoms with E-state index in [9.17, 15) is 4.39 Å². The van der Waals surface area contributed by atoms with Gasteiger partial charge in [0.25, 0.3) is 0 Å². The molecular weight excluding hydrogens is 265 g/mol. The second-order valence-electron chi connectivity index (χ2n) is 5.62. The molecule has 0 radical (unpaired) electrons. The number of ether oxygens (including phenoxy) is 1. The lowest BCUT2D eigenvalue weighted by molar-refractivity contribution is -0.0222. The van der Waals surface area contributed by atoms with Gasteiger partial charge in [0, 0.05) is 0 Å². The molecule has 2 nitrogen and oxygen atoms in total. The molecule has 0 spiro atoms. The summed E-state index contributed by atoms with van der Waals surface area (Å²) in [6, 6.07) is 4.99. The Morgan fingerprint density at radius 1 is 1.33 bits per heavy atom. The van der Waals surface area contributed by atoms with E-state index < -0.39 is 0 Å². The highest BCUT2D eigenvalue weighted by molar-refractivity contribution is 5.38. The van der Waals surface area contributed by atoms with Gasteiger partial charge in [-0.05, 0) is 36.5 Å². The summed E-state index contributed by atoms with van der Waals surface area (Å²) in [6.07, 6.45) is 6.47. The molecule has 0 aromatic heterocycles. The fraction of sp³-hybridized carbons (Fsp3) is 0.556. The van der Waals surface area contributed by atoms with Crippen molar-refractivity contribution in [2.24, 2.45) is 11.7 Å². The van der Waals surface area contributed by atoms with E-state index in [-0.39, 0.29) is 12.4 Å². The summed E-state index contributed by atoms with van der Waals surface area (Å²) in [5, 5.41) is 0. The molecular formula is C18H24FNO. The van der Waals surface area contributed by atoms with Crippen LogP contribution < -0.4 is 5.73 Å². The molecule has 1 aliphatic rings. The molecule has 0 saturated heterocycles. The summed E-state index contributed by atoms with van der Waals surface area (Å²) >= 11 is 0. The summed E-state index contributed by atoms with van der Waals surface area (Å²) < 4.78 is 19.7. The molecule has 2 atom stereocenters. The van der Waals surface area contributed by atoms with Gasteiger partial charge in [0.1, 0.15) is 5.82 Å². The molecule has 1 aromatic carbocycles. The number of hydrogen-bond acceptors (Lipinski definition) is 2. The topological polar surface area (TPSA) is 35.2 Å². The molecule has 1 fully saturated rings. The fourth-order valence-corrected chi connectivity index (χ4v) is 2.97. The van der Waals surface area contributed by atoms with Gasteiger partial charge < -0.3 is 10.5 Å². The van der Waals surface area contributed by atoms with E-state index in [1.54, 1.807) is 12.1 Å². The Kier molecular flexibility index (Phi) is 6.22. The van der Waals surface area contributed by atoms with Gasteiger partial charge in [-0.1, -0.05) is 44.1 Å². The van der Waals surface area contributed by atoms with Crippen LogP contribution in [0.1, 0.15) is 50.2 Å².